The van der Waals surface area contributed by atoms with E-state index in [1.54, 1.807) is 16.8 Å². The van der Waals surface area contributed by atoms with Crippen LogP contribution in [0.25, 0.3) is 27.8 Å². The number of fused-ring (bicyclic) bond motifs is 2. The molecule has 2 aromatic carbocycles. The molecule has 2 amide bonds. The molecule has 8 nitrogen and oxygen atoms in total. The van der Waals surface area contributed by atoms with E-state index < -0.39 is 0 Å². The zero-order valence-electron chi connectivity index (χ0n) is 21.5. The monoisotopic (exact) mass is 522 g/mol. The summed E-state index contributed by atoms with van der Waals surface area (Å²) in [5.41, 5.74) is 4.61. The van der Waals surface area contributed by atoms with Gasteiger partial charge in [-0.3, -0.25) is 9.59 Å². The highest BCUT2D eigenvalue weighted by Gasteiger charge is 2.32. The summed E-state index contributed by atoms with van der Waals surface area (Å²) in [6, 6.07) is 16.1. The molecule has 3 aromatic heterocycles. The van der Waals surface area contributed by atoms with E-state index in [1.165, 1.54) is 12.1 Å². The highest BCUT2D eigenvalue weighted by Crippen LogP contribution is 2.36. The summed E-state index contributed by atoms with van der Waals surface area (Å²) in [6.45, 7) is 0.633. The topological polar surface area (TPSA) is 84.5 Å². The average molecular weight is 523 g/mol. The Labute approximate surface area is 224 Å². The number of nitrogens with zero attached hydrogens (tertiary/aromatic N) is 5. The predicted molar refractivity (Wildman–Crippen MR) is 146 cm³/mol. The summed E-state index contributed by atoms with van der Waals surface area (Å²) >= 11 is 0. The van der Waals surface area contributed by atoms with Gasteiger partial charge in [-0.2, -0.15) is 5.10 Å². The van der Waals surface area contributed by atoms with Crippen molar-refractivity contribution in [3.8, 4) is 11.3 Å². The van der Waals surface area contributed by atoms with Crippen molar-refractivity contribution < 1.29 is 14.0 Å². The van der Waals surface area contributed by atoms with E-state index in [1.807, 2.05) is 59.1 Å². The number of hydrogen-bond acceptors (Lipinski definition) is 4. The number of halogens is 1. The normalized spacial score (nSPS) is 17.3. The van der Waals surface area contributed by atoms with Gasteiger partial charge in [0.2, 0.25) is 5.91 Å². The van der Waals surface area contributed by atoms with Gasteiger partial charge in [0.15, 0.2) is 11.5 Å². The quantitative estimate of drug-likeness (QED) is 0.337. The first kappa shape index (κ1) is 23.6. The van der Waals surface area contributed by atoms with Gasteiger partial charge in [0, 0.05) is 42.2 Å². The lowest BCUT2D eigenvalue weighted by Crippen LogP contribution is -2.30. The molecule has 1 aliphatic carbocycles. The summed E-state index contributed by atoms with van der Waals surface area (Å²) < 4.78 is 17.6. The van der Waals surface area contributed by atoms with Gasteiger partial charge in [-0.1, -0.05) is 18.2 Å². The Morgan fingerprint density at radius 2 is 1.90 bits per heavy atom. The first-order valence-electron chi connectivity index (χ1n) is 13.3. The van der Waals surface area contributed by atoms with Crippen LogP contribution in [0.1, 0.15) is 47.6 Å². The summed E-state index contributed by atoms with van der Waals surface area (Å²) in [5.74, 6) is 0.238. The Balaban J connectivity index is 1.22. The lowest BCUT2D eigenvalue weighted by Gasteiger charge is -2.25. The third-order valence-electron chi connectivity index (χ3n) is 7.78. The van der Waals surface area contributed by atoms with Crippen LogP contribution in [-0.4, -0.2) is 42.4 Å². The number of likely N-dealkylation sites (tertiary alicyclic amines) is 1. The second-order valence-corrected chi connectivity index (χ2v) is 10.5. The molecule has 7 rings (SSSR count). The first-order chi connectivity index (χ1) is 18.9. The highest BCUT2D eigenvalue weighted by molar-refractivity contribution is 6.08. The van der Waals surface area contributed by atoms with E-state index in [0.717, 1.165) is 53.4 Å². The molecule has 4 heterocycles. The minimum atomic E-state index is -0.290. The molecule has 2 fully saturated rings. The summed E-state index contributed by atoms with van der Waals surface area (Å²) in [5, 5.41) is 8.43. The van der Waals surface area contributed by atoms with Crippen molar-refractivity contribution >= 4 is 34.2 Å². The van der Waals surface area contributed by atoms with Crippen molar-refractivity contribution in [2.45, 2.75) is 31.7 Å². The van der Waals surface area contributed by atoms with Crippen LogP contribution in [0.5, 0.6) is 0 Å². The predicted octanol–water partition coefficient (Wildman–Crippen LogP) is 5.35. The van der Waals surface area contributed by atoms with Crippen LogP contribution < -0.4 is 5.32 Å². The van der Waals surface area contributed by atoms with Gasteiger partial charge < -0.3 is 14.8 Å². The van der Waals surface area contributed by atoms with Gasteiger partial charge in [-0.15, -0.1) is 0 Å². The maximum atomic E-state index is 13.9. The fraction of sp³-hybridized carbons (Fsp3) is 0.267. The molecular formula is C30H27FN6O2. The number of carbonyl (C=O) groups is 2. The van der Waals surface area contributed by atoms with Crippen LogP contribution in [0.15, 0.2) is 67.0 Å². The van der Waals surface area contributed by atoms with Crippen LogP contribution in [0, 0.1) is 11.7 Å². The molecular weight excluding hydrogens is 495 g/mol. The Bertz CT molecular complexity index is 1770. The lowest BCUT2D eigenvalue weighted by molar-refractivity contribution is -0.117. The Morgan fingerprint density at radius 1 is 1.03 bits per heavy atom. The SMILES string of the molecule is Cn1cc(C(=O)N2CCCC2c2cccc(F)c2)c2cc(-c3ccc4nc(NC(=O)C5CC5)cn4n3)ccc21. The summed E-state index contributed by atoms with van der Waals surface area (Å²) in [6.07, 6.45) is 7.13. The van der Waals surface area contributed by atoms with E-state index in [2.05, 4.69) is 10.3 Å². The number of anilines is 1. The number of nitrogens with one attached hydrogen (secondary N) is 1. The van der Waals surface area contributed by atoms with E-state index in [-0.39, 0.29) is 29.6 Å². The second-order valence-electron chi connectivity index (χ2n) is 10.5. The number of amides is 2. The van der Waals surface area contributed by atoms with Gasteiger partial charge in [0.05, 0.1) is 23.5 Å². The molecule has 0 spiro atoms. The largest absolute Gasteiger partial charge is 0.350 e. The van der Waals surface area contributed by atoms with E-state index in [0.29, 0.717) is 23.6 Å². The minimum Gasteiger partial charge on any atom is -0.350 e. The molecule has 1 atom stereocenters. The second kappa shape index (κ2) is 9.04. The first-order valence-corrected chi connectivity index (χ1v) is 13.3. The molecule has 1 saturated heterocycles. The van der Waals surface area contributed by atoms with E-state index >= 15 is 0 Å². The number of aryl methyl sites for hydroxylation is 1. The standard InChI is InChI=1S/C30H27FN6O2/c1-35-16-23(30(39)36-13-3-6-25(36)20-4-2-5-21(31)14-20)22-15-19(9-11-26(22)35)24-10-12-28-32-27(17-37(28)34-24)33-29(38)18-7-8-18/h2,4-5,9-12,14-18,25H,3,6-8,13H2,1H3,(H,33,38). The molecule has 9 heteroatoms. The molecule has 196 valence electrons. The third kappa shape index (κ3) is 4.24. The van der Waals surface area contributed by atoms with Crippen molar-refractivity contribution in [3.63, 3.8) is 0 Å². The van der Waals surface area contributed by atoms with Gasteiger partial charge in [0.1, 0.15) is 5.82 Å². The Kier molecular flexibility index (Phi) is 5.47. The molecule has 1 N–H and O–H groups in total. The molecule has 0 radical (unpaired) electrons. The van der Waals surface area contributed by atoms with Crippen molar-refractivity contribution in [2.24, 2.45) is 13.0 Å². The molecule has 1 unspecified atom stereocenters. The highest BCUT2D eigenvalue weighted by atomic mass is 19.1. The fourth-order valence-electron chi connectivity index (χ4n) is 5.62. The minimum absolute atomic E-state index is 0.00277. The van der Waals surface area contributed by atoms with Crippen LogP contribution in [0.2, 0.25) is 0 Å². The number of hydrogen-bond donors (Lipinski definition) is 1. The number of rotatable bonds is 5. The number of aromatic nitrogens is 4. The molecule has 5 aromatic rings. The molecule has 0 bridgehead atoms. The van der Waals surface area contributed by atoms with E-state index in [9.17, 15) is 14.0 Å². The Morgan fingerprint density at radius 3 is 2.72 bits per heavy atom. The number of imidazole rings is 1. The smallest absolute Gasteiger partial charge is 0.256 e. The van der Waals surface area contributed by atoms with Crippen molar-refractivity contribution in [1.29, 1.82) is 0 Å². The van der Waals surface area contributed by atoms with Crippen LogP contribution in [-0.2, 0) is 11.8 Å². The molecule has 1 aliphatic heterocycles. The van der Waals surface area contributed by atoms with Crippen LogP contribution in [0.4, 0.5) is 10.2 Å². The summed E-state index contributed by atoms with van der Waals surface area (Å²) in [7, 11) is 1.93. The molecule has 2 aliphatic rings. The van der Waals surface area contributed by atoms with Gasteiger partial charge in [-0.05, 0) is 67.6 Å². The fourth-order valence-corrected chi connectivity index (χ4v) is 5.62. The summed E-state index contributed by atoms with van der Waals surface area (Å²) in [4.78, 5) is 32.3. The van der Waals surface area contributed by atoms with Crippen molar-refractivity contribution in [3.05, 3.63) is 83.9 Å². The maximum absolute atomic E-state index is 13.9. The number of benzene rings is 2. The zero-order chi connectivity index (χ0) is 26.7. The van der Waals surface area contributed by atoms with Crippen LogP contribution in [0.3, 0.4) is 0 Å². The molecule has 1 saturated carbocycles. The van der Waals surface area contributed by atoms with Crippen LogP contribution >= 0.6 is 0 Å². The third-order valence-corrected chi connectivity index (χ3v) is 7.78. The average Bonchev–Trinajstić information content (AvgIpc) is 3.39. The van der Waals surface area contributed by atoms with E-state index in [4.69, 9.17) is 5.10 Å². The maximum Gasteiger partial charge on any atom is 0.256 e. The van der Waals surface area contributed by atoms with Gasteiger partial charge in [0.25, 0.3) is 5.91 Å². The van der Waals surface area contributed by atoms with Gasteiger partial charge >= 0.3 is 0 Å². The van der Waals surface area contributed by atoms with Crippen molar-refractivity contribution in [1.82, 2.24) is 24.1 Å². The van der Waals surface area contributed by atoms with Gasteiger partial charge in [-0.25, -0.2) is 13.9 Å². The Hall–Kier alpha value is -4.53. The lowest BCUT2D eigenvalue weighted by atomic mass is 10.0. The zero-order valence-corrected chi connectivity index (χ0v) is 21.5. The molecule has 39 heavy (non-hydrogen) atoms. The van der Waals surface area contributed by atoms with Crippen molar-refractivity contribution in [2.75, 3.05) is 11.9 Å². The number of carbonyl (C=O) groups excluding carboxylic acids is 2.